The number of aromatic nitrogens is 2. The van der Waals surface area contributed by atoms with Crippen LogP contribution in [0.4, 0.5) is 5.69 Å². The first-order chi connectivity index (χ1) is 13.7. The summed E-state index contributed by atoms with van der Waals surface area (Å²) in [5, 5.41) is 2.93. The number of aryl methyl sites for hydroxylation is 2. The largest absolute Gasteiger partial charge is 0.326 e. The smallest absolute Gasteiger partial charge is 0.251 e. The summed E-state index contributed by atoms with van der Waals surface area (Å²) >= 11 is 0. The first kappa shape index (κ1) is 20.5. The van der Waals surface area contributed by atoms with Crippen LogP contribution < -0.4 is 10.9 Å². The zero-order chi connectivity index (χ0) is 21.0. The van der Waals surface area contributed by atoms with Gasteiger partial charge in [-0.25, -0.2) is 4.98 Å². The van der Waals surface area contributed by atoms with E-state index in [4.69, 9.17) is 0 Å². The zero-order valence-electron chi connectivity index (χ0n) is 17.4. The van der Waals surface area contributed by atoms with Crippen LogP contribution in [0.5, 0.6) is 0 Å². The van der Waals surface area contributed by atoms with Crippen molar-refractivity contribution in [2.75, 3.05) is 5.32 Å². The molecule has 3 aromatic rings. The van der Waals surface area contributed by atoms with E-state index in [1.54, 1.807) is 6.92 Å². The fourth-order valence-electron chi connectivity index (χ4n) is 3.11. The number of benzene rings is 2. The molecule has 0 aliphatic carbocycles. The van der Waals surface area contributed by atoms with Gasteiger partial charge in [0.25, 0.3) is 5.56 Å². The molecule has 1 aromatic heterocycles. The number of nitrogens with zero attached hydrogens (tertiary/aromatic N) is 1. The van der Waals surface area contributed by atoms with Crippen molar-refractivity contribution in [3.05, 3.63) is 81.8 Å². The molecule has 0 spiro atoms. The molecule has 5 heteroatoms. The van der Waals surface area contributed by atoms with Crippen LogP contribution in [0.25, 0.3) is 11.4 Å². The summed E-state index contributed by atoms with van der Waals surface area (Å²) in [5.74, 6) is 0.442. The van der Waals surface area contributed by atoms with Crippen molar-refractivity contribution in [2.24, 2.45) is 0 Å². The van der Waals surface area contributed by atoms with Crippen LogP contribution in [0.1, 0.15) is 44.0 Å². The second-order valence-corrected chi connectivity index (χ2v) is 8.31. The van der Waals surface area contributed by atoms with Gasteiger partial charge in [-0.05, 0) is 42.0 Å². The van der Waals surface area contributed by atoms with Gasteiger partial charge in [-0.15, -0.1) is 0 Å². The van der Waals surface area contributed by atoms with Crippen LogP contribution in [-0.2, 0) is 16.6 Å². The molecule has 0 saturated heterocycles. The van der Waals surface area contributed by atoms with Gasteiger partial charge in [-0.2, -0.15) is 0 Å². The molecule has 0 atom stereocenters. The van der Waals surface area contributed by atoms with Crippen molar-refractivity contribution >= 4 is 11.6 Å². The third-order valence-electron chi connectivity index (χ3n) is 4.75. The standard InChI is InChI=1S/C24H27N3O2/c1-16-14-22(29)27-23(25-16)18-6-5-7-20(15-18)26-21(28)13-10-17-8-11-19(12-9-17)24(2,3)4/h5-9,11-12,14-15H,10,13H2,1-4H3,(H,26,28)(H,25,27,29). The third kappa shape index (κ3) is 5.64. The summed E-state index contributed by atoms with van der Waals surface area (Å²) in [6.07, 6.45) is 1.08. The second-order valence-electron chi connectivity index (χ2n) is 8.31. The Morgan fingerprint density at radius 2 is 1.79 bits per heavy atom. The van der Waals surface area contributed by atoms with E-state index in [-0.39, 0.29) is 16.9 Å². The third-order valence-corrected chi connectivity index (χ3v) is 4.75. The van der Waals surface area contributed by atoms with E-state index in [0.717, 1.165) is 11.1 Å². The highest BCUT2D eigenvalue weighted by molar-refractivity contribution is 5.91. The van der Waals surface area contributed by atoms with Crippen LogP contribution in [0.3, 0.4) is 0 Å². The number of hydrogen-bond acceptors (Lipinski definition) is 3. The van der Waals surface area contributed by atoms with Crippen molar-refractivity contribution in [2.45, 2.75) is 46.0 Å². The lowest BCUT2D eigenvalue weighted by atomic mass is 9.86. The summed E-state index contributed by atoms with van der Waals surface area (Å²) < 4.78 is 0. The van der Waals surface area contributed by atoms with Gasteiger partial charge in [0.1, 0.15) is 5.82 Å². The Morgan fingerprint density at radius 1 is 1.07 bits per heavy atom. The van der Waals surface area contributed by atoms with E-state index in [1.807, 2.05) is 24.3 Å². The van der Waals surface area contributed by atoms with Gasteiger partial charge in [0.05, 0.1) is 0 Å². The highest BCUT2D eigenvalue weighted by Gasteiger charge is 2.13. The van der Waals surface area contributed by atoms with Gasteiger partial charge >= 0.3 is 0 Å². The van der Waals surface area contributed by atoms with Gasteiger partial charge in [0.2, 0.25) is 5.91 Å². The van der Waals surface area contributed by atoms with Gasteiger partial charge in [-0.3, -0.25) is 9.59 Å². The number of carbonyl (C=O) groups excluding carboxylic acids is 1. The average Bonchev–Trinajstić information content (AvgIpc) is 2.65. The quantitative estimate of drug-likeness (QED) is 0.669. The predicted molar refractivity (Wildman–Crippen MR) is 117 cm³/mol. The highest BCUT2D eigenvalue weighted by atomic mass is 16.1. The molecule has 1 heterocycles. The number of amides is 1. The molecule has 1 amide bonds. The molecular formula is C24H27N3O2. The molecule has 150 valence electrons. The Morgan fingerprint density at radius 3 is 2.45 bits per heavy atom. The van der Waals surface area contributed by atoms with Crippen molar-refractivity contribution in [1.82, 2.24) is 9.97 Å². The molecular weight excluding hydrogens is 362 g/mol. The summed E-state index contributed by atoms with van der Waals surface area (Å²) in [4.78, 5) is 31.1. The van der Waals surface area contributed by atoms with Gasteiger partial charge in [-0.1, -0.05) is 57.2 Å². The SMILES string of the molecule is Cc1cc(=O)[nH]c(-c2cccc(NC(=O)CCc3ccc(C(C)(C)C)cc3)c2)n1. The Kier molecular flexibility index (Phi) is 5.97. The minimum absolute atomic E-state index is 0.0484. The molecule has 2 N–H and O–H groups in total. The minimum Gasteiger partial charge on any atom is -0.326 e. The Bertz CT molecular complexity index is 1060. The van der Waals surface area contributed by atoms with E-state index in [1.165, 1.54) is 11.6 Å². The highest BCUT2D eigenvalue weighted by Crippen LogP contribution is 2.23. The molecule has 0 aliphatic rings. The monoisotopic (exact) mass is 389 g/mol. The maximum atomic E-state index is 12.4. The van der Waals surface area contributed by atoms with Gasteiger partial charge < -0.3 is 10.3 Å². The molecule has 0 bridgehead atoms. The Balaban J connectivity index is 1.63. The molecule has 0 unspecified atom stereocenters. The lowest BCUT2D eigenvalue weighted by Gasteiger charge is -2.19. The van der Waals surface area contributed by atoms with Crippen molar-refractivity contribution in [1.29, 1.82) is 0 Å². The van der Waals surface area contributed by atoms with E-state index in [0.29, 0.717) is 30.0 Å². The summed E-state index contributed by atoms with van der Waals surface area (Å²) in [5.41, 5.74) is 4.43. The molecule has 0 radical (unpaired) electrons. The van der Waals surface area contributed by atoms with Crippen LogP contribution in [-0.4, -0.2) is 15.9 Å². The van der Waals surface area contributed by atoms with Crippen molar-refractivity contribution in [3.63, 3.8) is 0 Å². The van der Waals surface area contributed by atoms with Gasteiger partial charge in [0.15, 0.2) is 0 Å². The van der Waals surface area contributed by atoms with Crippen molar-refractivity contribution < 1.29 is 4.79 Å². The van der Waals surface area contributed by atoms with E-state index in [9.17, 15) is 9.59 Å². The number of H-pyrrole nitrogens is 1. The molecule has 0 aliphatic heterocycles. The van der Waals surface area contributed by atoms with Crippen LogP contribution in [0.15, 0.2) is 59.4 Å². The number of carbonyl (C=O) groups is 1. The zero-order valence-corrected chi connectivity index (χ0v) is 17.4. The lowest BCUT2D eigenvalue weighted by Crippen LogP contribution is -2.13. The number of rotatable bonds is 5. The van der Waals surface area contributed by atoms with E-state index < -0.39 is 0 Å². The molecule has 5 nitrogen and oxygen atoms in total. The normalized spacial score (nSPS) is 11.3. The van der Waals surface area contributed by atoms with Crippen LogP contribution >= 0.6 is 0 Å². The topological polar surface area (TPSA) is 74.8 Å². The fraction of sp³-hybridized carbons (Fsp3) is 0.292. The molecule has 0 fully saturated rings. The van der Waals surface area contributed by atoms with Crippen LogP contribution in [0.2, 0.25) is 0 Å². The average molecular weight is 389 g/mol. The first-order valence-corrected chi connectivity index (χ1v) is 9.78. The number of aromatic amines is 1. The molecule has 3 rings (SSSR count). The second kappa shape index (κ2) is 8.43. The lowest BCUT2D eigenvalue weighted by molar-refractivity contribution is -0.116. The predicted octanol–water partition coefficient (Wildman–Crippen LogP) is 4.61. The number of anilines is 1. The molecule has 0 saturated carbocycles. The van der Waals surface area contributed by atoms with E-state index in [2.05, 4.69) is 60.3 Å². The van der Waals surface area contributed by atoms with E-state index >= 15 is 0 Å². The minimum atomic E-state index is -0.195. The molecule has 2 aromatic carbocycles. The summed E-state index contributed by atoms with van der Waals surface area (Å²) in [7, 11) is 0. The maximum absolute atomic E-state index is 12.4. The Labute approximate surface area is 171 Å². The Hall–Kier alpha value is -3.21. The summed E-state index contributed by atoms with van der Waals surface area (Å²) in [6.45, 7) is 8.33. The number of nitrogens with one attached hydrogen (secondary N) is 2. The number of hydrogen-bond donors (Lipinski definition) is 2. The van der Waals surface area contributed by atoms with Crippen LogP contribution in [0, 0.1) is 6.92 Å². The van der Waals surface area contributed by atoms with Gasteiger partial charge in [0, 0.05) is 29.4 Å². The first-order valence-electron chi connectivity index (χ1n) is 9.78. The molecule has 29 heavy (non-hydrogen) atoms. The summed E-state index contributed by atoms with van der Waals surface area (Å²) in [6, 6.07) is 17.2. The fourth-order valence-corrected chi connectivity index (χ4v) is 3.11. The van der Waals surface area contributed by atoms with Crippen molar-refractivity contribution in [3.8, 4) is 11.4 Å². The maximum Gasteiger partial charge on any atom is 0.251 e.